The van der Waals surface area contributed by atoms with Crippen molar-refractivity contribution in [2.75, 3.05) is 7.11 Å². The van der Waals surface area contributed by atoms with Crippen LogP contribution in [0.2, 0.25) is 0 Å². The lowest BCUT2D eigenvalue weighted by molar-refractivity contribution is 0.00235. The van der Waals surface area contributed by atoms with Crippen LogP contribution in [0.4, 0.5) is 8.78 Å². The summed E-state index contributed by atoms with van der Waals surface area (Å²) >= 11 is 0. The Hall–Kier alpha value is -1.71. The van der Waals surface area contributed by atoms with Crippen LogP contribution in [-0.2, 0) is 11.2 Å². The summed E-state index contributed by atoms with van der Waals surface area (Å²) in [5.74, 6) is -3.28. The lowest BCUT2D eigenvalue weighted by Crippen LogP contribution is -2.19. The average Bonchev–Trinajstić information content (AvgIpc) is 2.26. The molecule has 2 nitrogen and oxygen atoms in total. The lowest BCUT2D eigenvalue weighted by atomic mass is 10.0. The third kappa shape index (κ3) is 4.28. The van der Waals surface area contributed by atoms with Crippen molar-refractivity contribution in [3.8, 4) is 0 Å². The molecular formula is C14H16F2O2. The van der Waals surface area contributed by atoms with Crippen LogP contribution < -0.4 is 0 Å². The molecule has 0 N–H and O–H groups in total. The highest BCUT2D eigenvalue weighted by molar-refractivity contribution is 5.89. The summed E-state index contributed by atoms with van der Waals surface area (Å²) in [4.78, 5) is 11.2. The highest BCUT2D eigenvalue weighted by Gasteiger charge is 2.29. The minimum Gasteiger partial charge on any atom is -0.465 e. The van der Waals surface area contributed by atoms with E-state index in [1.165, 1.54) is 31.4 Å². The SMILES string of the molecule is C=C(C)CC(F)(F)Cc1ccc(C(=O)OC)cc1. The quantitative estimate of drug-likeness (QED) is 0.592. The van der Waals surface area contributed by atoms with Crippen LogP contribution in [0, 0.1) is 0 Å². The molecule has 0 saturated heterocycles. The maximum absolute atomic E-state index is 13.5. The third-order valence-electron chi connectivity index (χ3n) is 2.40. The summed E-state index contributed by atoms with van der Waals surface area (Å²) in [6.07, 6.45) is -0.687. The highest BCUT2D eigenvalue weighted by Crippen LogP contribution is 2.27. The third-order valence-corrected chi connectivity index (χ3v) is 2.40. The number of carbonyl (C=O) groups excluding carboxylic acids is 1. The first-order valence-corrected chi connectivity index (χ1v) is 5.53. The second kappa shape index (κ2) is 5.76. The lowest BCUT2D eigenvalue weighted by Gasteiger charge is -2.16. The van der Waals surface area contributed by atoms with Gasteiger partial charge in [0.2, 0.25) is 0 Å². The largest absolute Gasteiger partial charge is 0.465 e. The molecule has 0 aliphatic rings. The maximum Gasteiger partial charge on any atom is 0.337 e. The minimum atomic E-state index is -2.81. The normalized spacial score (nSPS) is 11.1. The fraction of sp³-hybridized carbons (Fsp3) is 0.357. The predicted molar refractivity (Wildman–Crippen MR) is 65.9 cm³/mol. The molecule has 1 aromatic rings. The Kier molecular flexibility index (Phi) is 4.59. The van der Waals surface area contributed by atoms with E-state index >= 15 is 0 Å². The Morgan fingerprint density at radius 3 is 2.33 bits per heavy atom. The number of alkyl halides is 2. The molecule has 0 radical (unpaired) electrons. The van der Waals surface area contributed by atoms with Crippen molar-refractivity contribution >= 4 is 5.97 Å². The molecule has 0 amide bonds. The van der Waals surface area contributed by atoms with Crippen molar-refractivity contribution in [1.82, 2.24) is 0 Å². The predicted octanol–water partition coefficient (Wildman–Crippen LogP) is 3.62. The first-order chi connectivity index (χ1) is 8.34. The summed E-state index contributed by atoms with van der Waals surface area (Å²) < 4.78 is 31.6. The van der Waals surface area contributed by atoms with Gasteiger partial charge in [0, 0.05) is 12.8 Å². The Morgan fingerprint density at radius 2 is 1.89 bits per heavy atom. The van der Waals surface area contributed by atoms with Crippen LogP contribution in [0.15, 0.2) is 36.4 Å². The molecule has 0 fully saturated rings. The number of hydrogen-bond acceptors (Lipinski definition) is 2. The van der Waals surface area contributed by atoms with Gasteiger partial charge < -0.3 is 4.74 Å². The number of methoxy groups -OCH3 is 1. The Morgan fingerprint density at radius 1 is 1.33 bits per heavy atom. The van der Waals surface area contributed by atoms with E-state index in [4.69, 9.17) is 0 Å². The molecule has 4 heteroatoms. The van der Waals surface area contributed by atoms with Gasteiger partial charge in [0.25, 0.3) is 5.92 Å². The second-order valence-electron chi connectivity index (χ2n) is 4.36. The zero-order chi connectivity index (χ0) is 13.8. The number of rotatable bonds is 5. The van der Waals surface area contributed by atoms with Crippen LogP contribution in [0.1, 0.15) is 29.3 Å². The molecule has 0 aliphatic heterocycles. The smallest absolute Gasteiger partial charge is 0.337 e. The van der Waals surface area contributed by atoms with E-state index < -0.39 is 11.9 Å². The van der Waals surface area contributed by atoms with Gasteiger partial charge >= 0.3 is 5.97 Å². The van der Waals surface area contributed by atoms with Gasteiger partial charge in [0.1, 0.15) is 0 Å². The van der Waals surface area contributed by atoms with E-state index in [1.807, 2.05) is 0 Å². The average molecular weight is 254 g/mol. The summed E-state index contributed by atoms with van der Waals surface area (Å²) in [7, 11) is 1.28. The summed E-state index contributed by atoms with van der Waals surface area (Å²) in [5, 5.41) is 0. The van der Waals surface area contributed by atoms with Gasteiger partial charge in [-0.3, -0.25) is 0 Å². The highest BCUT2D eigenvalue weighted by atomic mass is 19.3. The first-order valence-electron chi connectivity index (χ1n) is 5.53. The van der Waals surface area contributed by atoms with Crippen LogP contribution >= 0.6 is 0 Å². The standard InChI is InChI=1S/C14H16F2O2/c1-10(2)8-14(15,16)9-11-4-6-12(7-5-11)13(17)18-3/h4-7H,1,8-9H2,2-3H3. The van der Waals surface area contributed by atoms with E-state index in [0.717, 1.165) is 0 Å². The van der Waals surface area contributed by atoms with Crippen LogP contribution in [0.5, 0.6) is 0 Å². The molecular weight excluding hydrogens is 238 g/mol. The van der Waals surface area contributed by atoms with Gasteiger partial charge in [-0.2, -0.15) is 0 Å². The van der Waals surface area contributed by atoms with Crippen molar-refractivity contribution in [1.29, 1.82) is 0 Å². The summed E-state index contributed by atoms with van der Waals surface area (Å²) in [6.45, 7) is 5.07. The molecule has 0 spiro atoms. The van der Waals surface area contributed by atoms with Crippen LogP contribution in [-0.4, -0.2) is 19.0 Å². The fourth-order valence-corrected chi connectivity index (χ4v) is 1.68. The molecule has 1 aromatic carbocycles. The number of ether oxygens (including phenoxy) is 1. The molecule has 0 aromatic heterocycles. The van der Waals surface area contributed by atoms with Crippen molar-refractivity contribution in [3.05, 3.63) is 47.5 Å². The zero-order valence-corrected chi connectivity index (χ0v) is 10.5. The number of hydrogen-bond donors (Lipinski definition) is 0. The molecule has 0 saturated carbocycles. The van der Waals surface area contributed by atoms with Gasteiger partial charge in [0.15, 0.2) is 0 Å². The van der Waals surface area contributed by atoms with E-state index in [1.54, 1.807) is 6.92 Å². The van der Waals surface area contributed by atoms with E-state index in [2.05, 4.69) is 11.3 Å². The molecule has 98 valence electrons. The van der Waals surface area contributed by atoms with E-state index in [0.29, 0.717) is 16.7 Å². The Balaban J connectivity index is 2.74. The monoisotopic (exact) mass is 254 g/mol. The van der Waals surface area contributed by atoms with Crippen molar-refractivity contribution in [2.24, 2.45) is 0 Å². The zero-order valence-electron chi connectivity index (χ0n) is 10.5. The Bertz CT molecular complexity index is 436. The van der Waals surface area contributed by atoms with Gasteiger partial charge in [-0.05, 0) is 24.6 Å². The van der Waals surface area contributed by atoms with E-state index in [-0.39, 0.29) is 12.8 Å². The fourth-order valence-electron chi connectivity index (χ4n) is 1.68. The number of benzene rings is 1. The van der Waals surface area contributed by atoms with Crippen LogP contribution in [0.3, 0.4) is 0 Å². The number of carbonyl (C=O) groups is 1. The number of esters is 1. The second-order valence-corrected chi connectivity index (χ2v) is 4.36. The van der Waals surface area contributed by atoms with Crippen molar-refractivity contribution in [3.63, 3.8) is 0 Å². The van der Waals surface area contributed by atoms with Gasteiger partial charge in [0.05, 0.1) is 12.7 Å². The van der Waals surface area contributed by atoms with Crippen molar-refractivity contribution in [2.45, 2.75) is 25.7 Å². The molecule has 0 heterocycles. The molecule has 18 heavy (non-hydrogen) atoms. The molecule has 0 unspecified atom stereocenters. The number of allylic oxidation sites excluding steroid dienone is 1. The molecule has 1 rings (SSSR count). The van der Waals surface area contributed by atoms with Gasteiger partial charge in [-0.15, -0.1) is 0 Å². The molecule has 0 atom stereocenters. The van der Waals surface area contributed by atoms with Crippen LogP contribution in [0.25, 0.3) is 0 Å². The maximum atomic E-state index is 13.5. The minimum absolute atomic E-state index is 0.328. The summed E-state index contributed by atoms with van der Waals surface area (Å²) in [6, 6.07) is 5.99. The van der Waals surface area contributed by atoms with Gasteiger partial charge in [-0.25, -0.2) is 13.6 Å². The molecule has 0 aliphatic carbocycles. The topological polar surface area (TPSA) is 26.3 Å². The Labute approximate surface area is 105 Å². The molecule has 0 bridgehead atoms. The van der Waals surface area contributed by atoms with Crippen molar-refractivity contribution < 1.29 is 18.3 Å². The summed E-state index contributed by atoms with van der Waals surface area (Å²) in [5.41, 5.74) is 1.28. The van der Waals surface area contributed by atoms with E-state index in [9.17, 15) is 13.6 Å². The number of halogens is 2. The first kappa shape index (κ1) is 14.4. The van der Waals surface area contributed by atoms with Gasteiger partial charge in [-0.1, -0.05) is 24.3 Å².